The summed E-state index contributed by atoms with van der Waals surface area (Å²) in [7, 11) is 1.65. The van der Waals surface area contributed by atoms with E-state index in [4.69, 9.17) is 9.47 Å². The van der Waals surface area contributed by atoms with E-state index >= 15 is 0 Å². The van der Waals surface area contributed by atoms with Gasteiger partial charge in [-0.2, -0.15) is 0 Å². The molecule has 0 aromatic carbocycles. The molecule has 1 amide bonds. The molecule has 0 spiro atoms. The summed E-state index contributed by atoms with van der Waals surface area (Å²) in [5.74, 6) is -0.0210. The zero-order chi connectivity index (χ0) is 24.7. The van der Waals surface area contributed by atoms with Crippen LogP contribution in [0.15, 0.2) is 0 Å². The molecule has 5 nitrogen and oxygen atoms in total. The van der Waals surface area contributed by atoms with Crippen LogP contribution in [0.1, 0.15) is 137 Å². The van der Waals surface area contributed by atoms with Crippen molar-refractivity contribution < 1.29 is 19.1 Å². The fraction of sp³-hybridized carbons (Fsp3) is 0.929. The van der Waals surface area contributed by atoms with E-state index in [-0.39, 0.29) is 11.9 Å². The Bertz CT molecular complexity index is 467. The van der Waals surface area contributed by atoms with Crippen LogP contribution < -0.4 is 0 Å². The molecule has 0 unspecified atom stereocenters. The quantitative estimate of drug-likeness (QED) is 0.118. The first-order chi connectivity index (χ1) is 15.9. The van der Waals surface area contributed by atoms with Gasteiger partial charge in [-0.25, -0.2) is 9.59 Å². The summed E-state index contributed by atoms with van der Waals surface area (Å²) < 4.78 is 11.0. The molecular formula is C28H55NO4. The lowest BCUT2D eigenvalue weighted by molar-refractivity contribution is -0.149. The molecule has 0 saturated carbocycles. The van der Waals surface area contributed by atoms with Crippen molar-refractivity contribution in [3.8, 4) is 0 Å². The normalized spacial score (nSPS) is 12.1. The molecule has 33 heavy (non-hydrogen) atoms. The molecule has 0 saturated heterocycles. The summed E-state index contributed by atoms with van der Waals surface area (Å²) in [4.78, 5) is 26.6. The van der Waals surface area contributed by atoms with Crippen molar-refractivity contribution in [2.24, 2.45) is 5.92 Å². The molecule has 196 valence electrons. The maximum Gasteiger partial charge on any atom is 0.410 e. The largest absolute Gasteiger partial charge is 0.464 e. The van der Waals surface area contributed by atoms with Crippen LogP contribution in [-0.2, 0) is 14.3 Å². The highest BCUT2D eigenvalue weighted by molar-refractivity contribution is 5.81. The third-order valence-corrected chi connectivity index (χ3v) is 6.19. The Morgan fingerprint density at radius 1 is 0.636 bits per heavy atom. The number of nitrogens with zero attached hydrogens (tertiary/aromatic N) is 1. The first-order valence-corrected chi connectivity index (χ1v) is 14.0. The van der Waals surface area contributed by atoms with Crippen LogP contribution >= 0.6 is 0 Å². The van der Waals surface area contributed by atoms with Gasteiger partial charge < -0.3 is 9.47 Å². The SMILES string of the molecule is CCCCCCCCCCCCOC(=O)[C@H](CC(C)C)N(C)C(=O)OCCCCCCCC. The molecular weight excluding hydrogens is 414 g/mol. The fourth-order valence-corrected chi connectivity index (χ4v) is 3.99. The fourth-order valence-electron chi connectivity index (χ4n) is 3.99. The Morgan fingerprint density at radius 2 is 1.03 bits per heavy atom. The number of rotatable bonds is 22. The van der Waals surface area contributed by atoms with Gasteiger partial charge in [-0.05, 0) is 25.2 Å². The number of hydrogen-bond donors (Lipinski definition) is 0. The van der Waals surface area contributed by atoms with Crippen LogP contribution in [0.3, 0.4) is 0 Å². The Balaban J connectivity index is 4.10. The lowest BCUT2D eigenvalue weighted by Crippen LogP contribution is -2.44. The molecule has 0 radical (unpaired) electrons. The van der Waals surface area contributed by atoms with Crippen molar-refractivity contribution in [3.05, 3.63) is 0 Å². The molecule has 0 aliphatic heterocycles. The topological polar surface area (TPSA) is 55.8 Å². The van der Waals surface area contributed by atoms with Gasteiger partial charge in [0.1, 0.15) is 6.04 Å². The molecule has 0 heterocycles. The maximum absolute atomic E-state index is 12.7. The number of likely N-dealkylation sites (N-methyl/N-ethyl adjacent to an activating group) is 1. The summed E-state index contributed by atoms with van der Waals surface area (Å²) >= 11 is 0. The van der Waals surface area contributed by atoms with E-state index in [0.29, 0.717) is 19.6 Å². The lowest BCUT2D eigenvalue weighted by Gasteiger charge is -2.27. The second-order valence-corrected chi connectivity index (χ2v) is 9.99. The predicted molar refractivity (Wildman–Crippen MR) is 139 cm³/mol. The minimum Gasteiger partial charge on any atom is -0.464 e. The smallest absolute Gasteiger partial charge is 0.410 e. The summed E-state index contributed by atoms with van der Waals surface area (Å²) in [5.41, 5.74) is 0. The number of unbranched alkanes of at least 4 members (excludes halogenated alkanes) is 14. The van der Waals surface area contributed by atoms with Crippen LogP contribution in [0.4, 0.5) is 4.79 Å². The van der Waals surface area contributed by atoms with Crippen molar-refractivity contribution in [1.82, 2.24) is 4.90 Å². The molecule has 0 aliphatic carbocycles. The first kappa shape index (κ1) is 31.7. The Morgan fingerprint density at radius 3 is 1.45 bits per heavy atom. The molecule has 0 N–H and O–H groups in total. The number of carbonyl (C=O) groups excluding carboxylic acids is 2. The number of hydrogen-bond acceptors (Lipinski definition) is 4. The molecule has 5 heteroatoms. The van der Waals surface area contributed by atoms with Gasteiger partial charge in [0.2, 0.25) is 0 Å². The molecule has 0 fully saturated rings. The van der Waals surface area contributed by atoms with Crippen molar-refractivity contribution >= 4 is 12.1 Å². The van der Waals surface area contributed by atoms with E-state index < -0.39 is 12.1 Å². The summed E-state index contributed by atoms with van der Waals surface area (Å²) in [6.45, 7) is 9.41. The van der Waals surface area contributed by atoms with E-state index in [9.17, 15) is 9.59 Å². The van der Waals surface area contributed by atoms with Crippen LogP contribution in [0, 0.1) is 5.92 Å². The highest BCUT2D eigenvalue weighted by atomic mass is 16.6. The Hall–Kier alpha value is -1.26. The van der Waals surface area contributed by atoms with Gasteiger partial charge in [-0.15, -0.1) is 0 Å². The maximum atomic E-state index is 12.7. The van der Waals surface area contributed by atoms with Gasteiger partial charge in [0.25, 0.3) is 0 Å². The second-order valence-electron chi connectivity index (χ2n) is 9.99. The van der Waals surface area contributed by atoms with E-state index in [0.717, 1.165) is 25.7 Å². The molecule has 0 aromatic rings. The summed E-state index contributed by atoms with van der Waals surface area (Å²) in [6, 6.07) is -0.579. The van der Waals surface area contributed by atoms with E-state index in [1.165, 1.54) is 81.9 Å². The van der Waals surface area contributed by atoms with Gasteiger partial charge in [0, 0.05) is 7.05 Å². The Kier molecular flexibility index (Phi) is 21.7. The lowest BCUT2D eigenvalue weighted by atomic mass is 10.0. The summed E-state index contributed by atoms with van der Waals surface area (Å²) in [6.07, 6.45) is 19.5. The average molecular weight is 470 g/mol. The van der Waals surface area contributed by atoms with Crippen molar-refractivity contribution in [2.75, 3.05) is 20.3 Å². The van der Waals surface area contributed by atoms with Crippen molar-refractivity contribution in [2.45, 2.75) is 143 Å². The minimum atomic E-state index is -0.579. The van der Waals surface area contributed by atoms with E-state index in [2.05, 4.69) is 27.7 Å². The third-order valence-electron chi connectivity index (χ3n) is 6.19. The number of esters is 1. The van der Waals surface area contributed by atoms with Crippen LogP contribution in [-0.4, -0.2) is 43.3 Å². The highest BCUT2D eigenvalue weighted by Gasteiger charge is 2.29. The molecule has 0 rings (SSSR count). The molecule has 1 atom stereocenters. The van der Waals surface area contributed by atoms with Gasteiger partial charge in [0.15, 0.2) is 0 Å². The standard InChI is InChI=1S/C28H55NO4/c1-6-8-10-12-14-15-16-17-19-20-22-32-27(30)26(24-25(3)4)29(5)28(31)33-23-21-18-13-11-9-7-2/h25-26H,6-24H2,1-5H3/t26-/m0/s1. The Labute approximate surface area is 205 Å². The number of ether oxygens (including phenoxy) is 2. The summed E-state index contributed by atoms with van der Waals surface area (Å²) in [5, 5.41) is 0. The van der Waals surface area contributed by atoms with Gasteiger partial charge in [0.05, 0.1) is 13.2 Å². The number of carbonyl (C=O) groups is 2. The van der Waals surface area contributed by atoms with Crippen LogP contribution in [0.25, 0.3) is 0 Å². The first-order valence-electron chi connectivity index (χ1n) is 14.0. The van der Waals surface area contributed by atoms with Gasteiger partial charge in [-0.1, -0.05) is 118 Å². The van der Waals surface area contributed by atoms with Gasteiger partial charge >= 0.3 is 12.1 Å². The van der Waals surface area contributed by atoms with Crippen LogP contribution in [0.2, 0.25) is 0 Å². The van der Waals surface area contributed by atoms with Gasteiger partial charge in [-0.3, -0.25) is 4.90 Å². The monoisotopic (exact) mass is 469 g/mol. The predicted octanol–water partition coefficient (Wildman–Crippen LogP) is 8.29. The van der Waals surface area contributed by atoms with Crippen molar-refractivity contribution in [1.29, 1.82) is 0 Å². The number of amides is 1. The molecule has 0 bridgehead atoms. The molecule has 0 aromatic heterocycles. The molecule has 0 aliphatic rings. The van der Waals surface area contributed by atoms with E-state index in [1.807, 2.05) is 0 Å². The zero-order valence-electron chi connectivity index (χ0n) is 22.7. The minimum absolute atomic E-state index is 0.286. The average Bonchev–Trinajstić information content (AvgIpc) is 2.79. The highest BCUT2D eigenvalue weighted by Crippen LogP contribution is 2.15. The third kappa shape index (κ3) is 18.8. The zero-order valence-corrected chi connectivity index (χ0v) is 22.7. The van der Waals surface area contributed by atoms with Crippen LogP contribution in [0.5, 0.6) is 0 Å². The second kappa shape index (κ2) is 22.5. The van der Waals surface area contributed by atoms with Crippen molar-refractivity contribution in [3.63, 3.8) is 0 Å². The van der Waals surface area contributed by atoms with E-state index in [1.54, 1.807) is 7.05 Å².